The van der Waals surface area contributed by atoms with Crippen molar-refractivity contribution in [2.24, 2.45) is 5.92 Å². The van der Waals surface area contributed by atoms with Gasteiger partial charge in [0.15, 0.2) is 6.10 Å². The lowest BCUT2D eigenvalue weighted by molar-refractivity contribution is -0.156. The highest BCUT2D eigenvalue weighted by atomic mass is 16.5. The molecular formula is C23H25N3O4. The van der Waals surface area contributed by atoms with Crippen molar-refractivity contribution in [2.45, 2.75) is 39.8 Å². The Morgan fingerprint density at radius 2 is 1.73 bits per heavy atom. The molecule has 2 atom stereocenters. The lowest BCUT2D eigenvalue weighted by Gasteiger charge is -2.23. The van der Waals surface area contributed by atoms with E-state index in [0.29, 0.717) is 16.8 Å². The molecule has 2 amide bonds. The average Bonchev–Trinajstić information content (AvgIpc) is 2.71. The van der Waals surface area contributed by atoms with Crippen LogP contribution in [0.25, 0.3) is 0 Å². The molecule has 0 spiro atoms. The summed E-state index contributed by atoms with van der Waals surface area (Å²) in [7, 11) is 0. The number of carbonyl (C=O) groups excluding carboxylic acids is 3. The summed E-state index contributed by atoms with van der Waals surface area (Å²) < 4.78 is 5.29. The topological polar surface area (TPSA) is 108 Å². The van der Waals surface area contributed by atoms with Crippen molar-refractivity contribution in [3.63, 3.8) is 0 Å². The van der Waals surface area contributed by atoms with Crippen molar-refractivity contribution in [3.8, 4) is 6.07 Å². The molecule has 7 nitrogen and oxygen atoms in total. The van der Waals surface area contributed by atoms with Gasteiger partial charge in [0, 0.05) is 11.3 Å². The van der Waals surface area contributed by atoms with E-state index < -0.39 is 24.0 Å². The van der Waals surface area contributed by atoms with E-state index in [1.165, 1.54) is 13.0 Å². The second-order valence-electron chi connectivity index (χ2n) is 7.33. The lowest BCUT2D eigenvalue weighted by atomic mass is 10.0. The molecule has 0 unspecified atom stereocenters. The van der Waals surface area contributed by atoms with Crippen LogP contribution in [0.1, 0.15) is 42.3 Å². The summed E-state index contributed by atoms with van der Waals surface area (Å²) in [5, 5.41) is 14.2. The fraction of sp³-hybridized carbons (Fsp3) is 0.304. The number of ether oxygens (including phenoxy) is 1. The SMILES string of the molecule is Cc1cccc(C(=O)N[C@H](C(=O)O[C@@H](C)C(=O)Nc2cccc(C#N)c2)C(C)C)c1. The van der Waals surface area contributed by atoms with Crippen LogP contribution in [-0.4, -0.2) is 29.9 Å². The smallest absolute Gasteiger partial charge is 0.329 e. The van der Waals surface area contributed by atoms with Crippen LogP contribution in [0.4, 0.5) is 5.69 Å². The number of nitriles is 1. The number of rotatable bonds is 7. The molecule has 30 heavy (non-hydrogen) atoms. The van der Waals surface area contributed by atoms with Crippen molar-refractivity contribution in [3.05, 3.63) is 65.2 Å². The van der Waals surface area contributed by atoms with E-state index in [0.717, 1.165) is 5.56 Å². The lowest BCUT2D eigenvalue weighted by Crippen LogP contribution is -2.47. The number of nitrogens with zero attached hydrogens (tertiary/aromatic N) is 1. The molecule has 0 radical (unpaired) electrons. The zero-order valence-electron chi connectivity index (χ0n) is 17.4. The first kappa shape index (κ1) is 22.6. The van der Waals surface area contributed by atoms with E-state index >= 15 is 0 Å². The van der Waals surface area contributed by atoms with E-state index in [9.17, 15) is 14.4 Å². The molecule has 0 aliphatic carbocycles. The summed E-state index contributed by atoms with van der Waals surface area (Å²) >= 11 is 0. The molecule has 0 bridgehead atoms. The van der Waals surface area contributed by atoms with Gasteiger partial charge in [-0.2, -0.15) is 5.26 Å². The molecule has 2 N–H and O–H groups in total. The van der Waals surface area contributed by atoms with Gasteiger partial charge in [-0.05, 0) is 50.1 Å². The van der Waals surface area contributed by atoms with Crippen LogP contribution in [0.15, 0.2) is 48.5 Å². The third-order valence-corrected chi connectivity index (χ3v) is 4.41. The van der Waals surface area contributed by atoms with Crippen LogP contribution >= 0.6 is 0 Å². The number of benzene rings is 2. The van der Waals surface area contributed by atoms with E-state index in [-0.39, 0.29) is 11.8 Å². The number of esters is 1. The molecule has 156 valence electrons. The first-order valence-corrected chi connectivity index (χ1v) is 9.60. The van der Waals surface area contributed by atoms with Crippen molar-refractivity contribution in [1.82, 2.24) is 5.32 Å². The Bertz CT molecular complexity index is 978. The highest BCUT2D eigenvalue weighted by Crippen LogP contribution is 2.13. The molecule has 2 aromatic rings. The molecule has 0 saturated carbocycles. The van der Waals surface area contributed by atoms with Crippen molar-refractivity contribution >= 4 is 23.5 Å². The first-order chi connectivity index (χ1) is 14.2. The molecule has 0 aliphatic heterocycles. The van der Waals surface area contributed by atoms with E-state index in [2.05, 4.69) is 10.6 Å². The fourth-order valence-corrected chi connectivity index (χ4v) is 2.72. The van der Waals surface area contributed by atoms with Gasteiger partial charge in [0.25, 0.3) is 11.8 Å². The van der Waals surface area contributed by atoms with Gasteiger partial charge < -0.3 is 15.4 Å². The van der Waals surface area contributed by atoms with E-state index in [4.69, 9.17) is 10.00 Å². The Kier molecular flexibility index (Phi) is 7.70. The maximum atomic E-state index is 12.6. The summed E-state index contributed by atoms with van der Waals surface area (Å²) in [6.07, 6.45) is -1.08. The molecule has 0 fully saturated rings. The summed E-state index contributed by atoms with van der Waals surface area (Å²) in [5.74, 6) is -1.86. The molecular weight excluding hydrogens is 382 g/mol. The molecule has 0 aromatic heterocycles. The van der Waals surface area contributed by atoms with Gasteiger partial charge in [0.1, 0.15) is 6.04 Å². The number of carbonyl (C=O) groups is 3. The Morgan fingerprint density at radius 3 is 2.37 bits per heavy atom. The van der Waals surface area contributed by atoms with Crippen LogP contribution in [0.3, 0.4) is 0 Å². The van der Waals surface area contributed by atoms with Gasteiger partial charge in [-0.3, -0.25) is 9.59 Å². The molecule has 0 saturated heterocycles. The summed E-state index contributed by atoms with van der Waals surface area (Å²) in [4.78, 5) is 37.5. The summed E-state index contributed by atoms with van der Waals surface area (Å²) in [5.41, 5.74) is 2.19. The predicted molar refractivity (Wildman–Crippen MR) is 113 cm³/mol. The van der Waals surface area contributed by atoms with Crippen molar-refractivity contribution in [1.29, 1.82) is 5.26 Å². The zero-order chi connectivity index (χ0) is 22.3. The predicted octanol–water partition coefficient (Wildman–Crippen LogP) is 3.19. The minimum Gasteiger partial charge on any atom is -0.451 e. The Morgan fingerprint density at radius 1 is 1.03 bits per heavy atom. The number of amides is 2. The molecule has 7 heteroatoms. The Labute approximate surface area is 176 Å². The van der Waals surface area contributed by atoms with Gasteiger partial charge in [-0.15, -0.1) is 0 Å². The first-order valence-electron chi connectivity index (χ1n) is 9.60. The normalized spacial score (nSPS) is 12.4. The van der Waals surface area contributed by atoms with Crippen LogP contribution in [0.2, 0.25) is 0 Å². The Balaban J connectivity index is 2.02. The summed E-state index contributed by atoms with van der Waals surface area (Å²) in [6.45, 7) is 6.87. The third kappa shape index (κ3) is 6.17. The highest BCUT2D eigenvalue weighted by Gasteiger charge is 2.29. The quantitative estimate of drug-likeness (QED) is 0.685. The maximum Gasteiger partial charge on any atom is 0.329 e. The standard InChI is InChI=1S/C23H25N3O4/c1-14(2)20(26-22(28)18-9-5-7-15(3)11-18)23(29)30-16(4)21(27)25-19-10-6-8-17(12-19)13-24/h5-12,14,16,20H,1-4H3,(H,25,27)(H,26,28)/t16-,20-/m0/s1. The third-order valence-electron chi connectivity index (χ3n) is 4.41. The minimum atomic E-state index is -1.08. The molecule has 2 aromatic carbocycles. The van der Waals surface area contributed by atoms with E-state index in [1.807, 2.05) is 19.1 Å². The molecule has 0 aliphatic rings. The van der Waals surface area contributed by atoms with Gasteiger partial charge in [-0.25, -0.2) is 4.79 Å². The number of aryl methyl sites for hydroxylation is 1. The monoisotopic (exact) mass is 407 g/mol. The molecule has 2 rings (SSSR count). The van der Waals surface area contributed by atoms with Crippen molar-refractivity contribution < 1.29 is 19.1 Å². The summed E-state index contributed by atoms with van der Waals surface area (Å²) in [6, 6.07) is 14.5. The number of anilines is 1. The zero-order valence-corrected chi connectivity index (χ0v) is 17.4. The van der Waals surface area contributed by atoms with Gasteiger partial charge in [0.05, 0.1) is 11.6 Å². The van der Waals surface area contributed by atoms with Gasteiger partial charge in [0.2, 0.25) is 0 Å². The number of hydrogen-bond donors (Lipinski definition) is 2. The second-order valence-corrected chi connectivity index (χ2v) is 7.33. The number of nitrogens with one attached hydrogen (secondary N) is 2. The van der Waals surface area contributed by atoms with Crippen LogP contribution in [0, 0.1) is 24.2 Å². The van der Waals surface area contributed by atoms with Crippen LogP contribution < -0.4 is 10.6 Å². The van der Waals surface area contributed by atoms with E-state index in [1.54, 1.807) is 50.2 Å². The van der Waals surface area contributed by atoms with Gasteiger partial charge >= 0.3 is 5.97 Å². The minimum absolute atomic E-state index is 0.242. The van der Waals surface area contributed by atoms with Crippen LogP contribution in [-0.2, 0) is 14.3 Å². The van der Waals surface area contributed by atoms with Crippen LogP contribution in [0.5, 0.6) is 0 Å². The largest absolute Gasteiger partial charge is 0.451 e. The average molecular weight is 407 g/mol. The van der Waals surface area contributed by atoms with Gasteiger partial charge in [-0.1, -0.05) is 37.6 Å². The second kappa shape index (κ2) is 10.2. The maximum absolute atomic E-state index is 12.6. The fourth-order valence-electron chi connectivity index (χ4n) is 2.72. The molecule has 0 heterocycles. The Hall–Kier alpha value is -3.66. The van der Waals surface area contributed by atoms with Crippen molar-refractivity contribution in [2.75, 3.05) is 5.32 Å². The number of hydrogen-bond acceptors (Lipinski definition) is 5. The highest BCUT2D eigenvalue weighted by molar-refractivity contribution is 5.98.